The molecule has 56 heavy (non-hydrogen) atoms. The minimum atomic E-state index is 0.701. The summed E-state index contributed by atoms with van der Waals surface area (Å²) in [6.45, 7) is 0. The van der Waals surface area contributed by atoms with E-state index in [0.29, 0.717) is 5.82 Å². The summed E-state index contributed by atoms with van der Waals surface area (Å²) in [4.78, 5) is 10.3. The van der Waals surface area contributed by atoms with Crippen molar-refractivity contribution < 1.29 is 0 Å². The van der Waals surface area contributed by atoms with E-state index in [0.717, 1.165) is 45.0 Å². The van der Waals surface area contributed by atoms with Crippen LogP contribution < -0.4 is 0 Å². The van der Waals surface area contributed by atoms with E-state index in [2.05, 4.69) is 191 Å². The van der Waals surface area contributed by atoms with Crippen LogP contribution in [0.5, 0.6) is 0 Å². The van der Waals surface area contributed by atoms with Gasteiger partial charge in [-0.05, 0) is 65.7 Å². The van der Waals surface area contributed by atoms with E-state index in [1.54, 1.807) is 0 Å². The molecule has 4 heteroatoms. The first-order chi connectivity index (χ1) is 27.8. The summed E-state index contributed by atoms with van der Waals surface area (Å²) in [5, 5.41) is 4.94. The van der Waals surface area contributed by atoms with Crippen LogP contribution in [0.2, 0.25) is 0 Å². The molecule has 8 aromatic carbocycles. The molecule has 0 amide bonds. The third-order valence-corrected chi connectivity index (χ3v) is 10.9. The number of para-hydroxylation sites is 3. The van der Waals surface area contributed by atoms with E-state index in [1.165, 1.54) is 49.2 Å². The summed E-state index contributed by atoms with van der Waals surface area (Å²) in [5.41, 5.74) is 14.1. The highest BCUT2D eigenvalue weighted by molar-refractivity contribution is 6.26. The van der Waals surface area contributed by atoms with Gasteiger partial charge in [0.1, 0.15) is 0 Å². The Morgan fingerprint density at radius 2 is 0.857 bits per heavy atom. The van der Waals surface area contributed by atoms with Crippen LogP contribution in [0, 0.1) is 0 Å². The SMILES string of the molecule is c1ccc(-c2cccc(-c3cc(-c4ccc(-n5c6ccccc6c6ccc7c(c8ccccc8n7-c7ccccc7)c65)cc4)nc(-c4ccccc4)n3)c2)cc1. The van der Waals surface area contributed by atoms with Crippen molar-refractivity contribution in [2.75, 3.05) is 0 Å². The van der Waals surface area contributed by atoms with Gasteiger partial charge in [0.05, 0.1) is 33.5 Å². The maximum Gasteiger partial charge on any atom is 0.160 e. The highest BCUT2D eigenvalue weighted by Crippen LogP contribution is 2.42. The molecule has 3 aromatic heterocycles. The number of hydrogen-bond donors (Lipinski definition) is 0. The van der Waals surface area contributed by atoms with Gasteiger partial charge in [-0.15, -0.1) is 0 Å². The fourth-order valence-corrected chi connectivity index (χ4v) is 8.36. The summed E-state index contributed by atoms with van der Waals surface area (Å²) in [6, 6.07) is 73.1. The van der Waals surface area contributed by atoms with E-state index in [-0.39, 0.29) is 0 Å². The van der Waals surface area contributed by atoms with E-state index in [1.807, 2.05) is 24.3 Å². The quantitative estimate of drug-likeness (QED) is 0.172. The number of rotatable bonds is 6. The molecule has 0 bridgehead atoms. The van der Waals surface area contributed by atoms with Gasteiger partial charge in [0.2, 0.25) is 0 Å². The zero-order valence-electron chi connectivity index (χ0n) is 30.4. The molecule has 0 saturated heterocycles. The van der Waals surface area contributed by atoms with Gasteiger partial charge < -0.3 is 9.13 Å². The lowest BCUT2D eigenvalue weighted by molar-refractivity contribution is 1.17. The van der Waals surface area contributed by atoms with E-state index < -0.39 is 0 Å². The summed E-state index contributed by atoms with van der Waals surface area (Å²) in [5.74, 6) is 0.701. The van der Waals surface area contributed by atoms with Crippen molar-refractivity contribution in [1.29, 1.82) is 0 Å². The zero-order chi connectivity index (χ0) is 37.0. The maximum atomic E-state index is 5.16. The first-order valence-corrected chi connectivity index (χ1v) is 19.0. The lowest BCUT2D eigenvalue weighted by atomic mass is 10.0. The standard InChI is InChI=1S/C52H34N4/c1-4-15-35(16-5-1)38-19-14-20-39(33-38)46-34-45(53-52(54-46)37-17-6-2-7-18-37)36-27-29-41(30-28-36)56-47-25-12-10-23-42(47)43-31-32-49-50(51(43)56)44-24-11-13-26-48(44)55(49)40-21-8-3-9-22-40/h1-34H. The lowest BCUT2D eigenvalue weighted by Gasteiger charge is -2.12. The molecule has 0 aliphatic carbocycles. The third kappa shape index (κ3) is 5.23. The van der Waals surface area contributed by atoms with Gasteiger partial charge in [-0.3, -0.25) is 0 Å². The minimum absolute atomic E-state index is 0.701. The van der Waals surface area contributed by atoms with Crippen molar-refractivity contribution in [2.45, 2.75) is 0 Å². The summed E-state index contributed by atoms with van der Waals surface area (Å²) < 4.78 is 4.83. The second-order valence-electron chi connectivity index (χ2n) is 14.2. The predicted octanol–water partition coefficient (Wildman–Crippen LogP) is 13.3. The number of hydrogen-bond acceptors (Lipinski definition) is 2. The molecule has 0 fully saturated rings. The number of nitrogens with zero attached hydrogens (tertiary/aromatic N) is 4. The molecule has 0 unspecified atom stereocenters. The number of fused-ring (bicyclic) bond motifs is 7. The second-order valence-corrected chi connectivity index (χ2v) is 14.2. The summed E-state index contributed by atoms with van der Waals surface area (Å²) in [7, 11) is 0. The molecule has 0 aliphatic heterocycles. The second kappa shape index (κ2) is 13.1. The molecule has 0 N–H and O–H groups in total. The molecule has 262 valence electrons. The molecule has 11 aromatic rings. The Kier molecular flexibility index (Phi) is 7.46. The normalized spacial score (nSPS) is 11.6. The number of benzene rings is 8. The van der Waals surface area contributed by atoms with Gasteiger partial charge in [0.25, 0.3) is 0 Å². The maximum absolute atomic E-state index is 5.16. The Bertz CT molecular complexity index is 3220. The van der Waals surface area contributed by atoms with Gasteiger partial charge >= 0.3 is 0 Å². The van der Waals surface area contributed by atoms with Crippen LogP contribution in [0.1, 0.15) is 0 Å². The minimum Gasteiger partial charge on any atom is -0.309 e. The van der Waals surface area contributed by atoms with Crippen molar-refractivity contribution in [2.24, 2.45) is 0 Å². The van der Waals surface area contributed by atoms with Gasteiger partial charge in [0.15, 0.2) is 5.82 Å². The van der Waals surface area contributed by atoms with Gasteiger partial charge in [0, 0.05) is 49.6 Å². The van der Waals surface area contributed by atoms with Gasteiger partial charge in [-0.1, -0.05) is 152 Å². The van der Waals surface area contributed by atoms with Crippen LogP contribution in [0.25, 0.3) is 100 Å². The molecule has 3 heterocycles. The molecule has 0 aliphatic rings. The lowest BCUT2D eigenvalue weighted by Crippen LogP contribution is -1.97. The van der Waals surface area contributed by atoms with E-state index in [4.69, 9.17) is 9.97 Å². The van der Waals surface area contributed by atoms with Gasteiger partial charge in [-0.2, -0.15) is 0 Å². The molecule has 0 saturated carbocycles. The molecule has 11 rings (SSSR count). The fourth-order valence-electron chi connectivity index (χ4n) is 8.36. The Labute approximate surface area is 324 Å². The summed E-state index contributed by atoms with van der Waals surface area (Å²) >= 11 is 0. The van der Waals surface area contributed by atoms with Crippen molar-refractivity contribution >= 4 is 43.6 Å². The highest BCUT2D eigenvalue weighted by atomic mass is 15.0. The first-order valence-electron chi connectivity index (χ1n) is 19.0. The smallest absolute Gasteiger partial charge is 0.160 e. The Morgan fingerprint density at radius 3 is 1.59 bits per heavy atom. The Morgan fingerprint density at radius 1 is 0.304 bits per heavy atom. The van der Waals surface area contributed by atoms with Gasteiger partial charge in [-0.25, -0.2) is 9.97 Å². The molecule has 0 spiro atoms. The topological polar surface area (TPSA) is 35.6 Å². The van der Waals surface area contributed by atoms with Crippen LogP contribution in [-0.2, 0) is 0 Å². The Hall–Kier alpha value is -7.56. The molecular formula is C52H34N4. The average Bonchev–Trinajstić information content (AvgIpc) is 3.80. The Balaban J connectivity index is 1.10. The van der Waals surface area contributed by atoms with Crippen molar-refractivity contribution in [3.63, 3.8) is 0 Å². The van der Waals surface area contributed by atoms with E-state index in [9.17, 15) is 0 Å². The molecule has 4 nitrogen and oxygen atoms in total. The van der Waals surface area contributed by atoms with Crippen molar-refractivity contribution in [3.05, 3.63) is 206 Å². The van der Waals surface area contributed by atoms with Crippen LogP contribution >= 0.6 is 0 Å². The molecule has 0 radical (unpaired) electrons. The molecule has 0 atom stereocenters. The van der Waals surface area contributed by atoms with Crippen LogP contribution in [0.3, 0.4) is 0 Å². The first kappa shape index (κ1) is 31.9. The van der Waals surface area contributed by atoms with Crippen molar-refractivity contribution in [1.82, 2.24) is 19.1 Å². The van der Waals surface area contributed by atoms with Crippen molar-refractivity contribution in [3.8, 4) is 56.4 Å². The fraction of sp³-hybridized carbons (Fsp3) is 0. The van der Waals surface area contributed by atoms with Crippen LogP contribution in [0.4, 0.5) is 0 Å². The average molecular weight is 715 g/mol. The monoisotopic (exact) mass is 714 g/mol. The third-order valence-electron chi connectivity index (χ3n) is 10.9. The zero-order valence-corrected chi connectivity index (χ0v) is 30.4. The van der Waals surface area contributed by atoms with Crippen LogP contribution in [-0.4, -0.2) is 19.1 Å². The largest absolute Gasteiger partial charge is 0.309 e. The van der Waals surface area contributed by atoms with E-state index >= 15 is 0 Å². The number of aromatic nitrogens is 4. The summed E-state index contributed by atoms with van der Waals surface area (Å²) in [6.07, 6.45) is 0. The molecular weight excluding hydrogens is 681 g/mol. The highest BCUT2D eigenvalue weighted by Gasteiger charge is 2.21. The van der Waals surface area contributed by atoms with Crippen LogP contribution in [0.15, 0.2) is 206 Å². The predicted molar refractivity (Wildman–Crippen MR) is 232 cm³/mol.